The Balaban J connectivity index is 1.63. The predicted molar refractivity (Wildman–Crippen MR) is 102 cm³/mol. The van der Waals surface area contributed by atoms with E-state index < -0.39 is 5.91 Å². The number of hydrogen-bond acceptors (Lipinski definition) is 5. The van der Waals surface area contributed by atoms with Crippen molar-refractivity contribution in [1.29, 1.82) is 0 Å². The van der Waals surface area contributed by atoms with Crippen molar-refractivity contribution in [3.63, 3.8) is 0 Å². The molecular weight excluding hydrogens is 358 g/mol. The SMILES string of the molecule is CC1CN(C(=O)c2ccc(-c3ccc(C(N)=O)c4n[c]nn34)cc2)CC(C)O1. The Kier molecular flexibility index (Phi) is 4.56. The van der Waals surface area contributed by atoms with E-state index in [-0.39, 0.29) is 23.7 Å². The number of pyridine rings is 1. The maximum atomic E-state index is 12.8. The van der Waals surface area contributed by atoms with Crippen molar-refractivity contribution < 1.29 is 14.3 Å². The van der Waals surface area contributed by atoms with Gasteiger partial charge in [0.25, 0.3) is 11.8 Å². The van der Waals surface area contributed by atoms with Crippen LogP contribution in [0.25, 0.3) is 16.9 Å². The second kappa shape index (κ2) is 7.05. The third-order valence-corrected chi connectivity index (χ3v) is 4.78. The first-order chi connectivity index (χ1) is 13.4. The van der Waals surface area contributed by atoms with E-state index in [1.165, 1.54) is 4.52 Å². The van der Waals surface area contributed by atoms with Gasteiger partial charge in [0, 0.05) is 24.2 Å². The first-order valence-electron chi connectivity index (χ1n) is 9.05. The lowest BCUT2D eigenvalue weighted by Crippen LogP contribution is -2.48. The van der Waals surface area contributed by atoms with Crippen LogP contribution in [0.2, 0.25) is 0 Å². The zero-order valence-electron chi connectivity index (χ0n) is 15.6. The number of hydrogen-bond donors (Lipinski definition) is 1. The number of carbonyl (C=O) groups excluding carboxylic acids is 2. The third kappa shape index (κ3) is 3.22. The van der Waals surface area contributed by atoms with Gasteiger partial charge in [0.15, 0.2) is 5.65 Å². The fourth-order valence-electron chi connectivity index (χ4n) is 3.58. The van der Waals surface area contributed by atoms with E-state index >= 15 is 0 Å². The second-order valence-corrected chi connectivity index (χ2v) is 6.99. The van der Waals surface area contributed by atoms with Crippen LogP contribution in [0.4, 0.5) is 0 Å². The Morgan fingerprint density at radius 3 is 2.43 bits per heavy atom. The maximum absolute atomic E-state index is 12.8. The molecule has 8 nitrogen and oxygen atoms in total. The molecule has 1 saturated heterocycles. The van der Waals surface area contributed by atoms with Crippen LogP contribution in [-0.4, -0.2) is 56.6 Å². The number of nitrogens with zero attached hydrogens (tertiary/aromatic N) is 4. The quantitative estimate of drug-likeness (QED) is 0.745. The van der Waals surface area contributed by atoms with Gasteiger partial charge in [-0.25, -0.2) is 9.50 Å². The number of morpholine rings is 1. The second-order valence-electron chi connectivity index (χ2n) is 6.99. The molecule has 1 radical (unpaired) electrons. The van der Waals surface area contributed by atoms with Crippen LogP contribution in [0, 0.1) is 6.33 Å². The van der Waals surface area contributed by atoms with E-state index in [0.29, 0.717) is 24.3 Å². The van der Waals surface area contributed by atoms with Crippen molar-refractivity contribution in [2.24, 2.45) is 5.73 Å². The molecule has 0 saturated carbocycles. The summed E-state index contributed by atoms with van der Waals surface area (Å²) >= 11 is 0. The number of ether oxygens (including phenoxy) is 1. The van der Waals surface area contributed by atoms with Crippen LogP contribution in [0.15, 0.2) is 36.4 Å². The molecule has 1 aliphatic heterocycles. The molecule has 1 aromatic carbocycles. The van der Waals surface area contributed by atoms with Gasteiger partial charge in [-0.2, -0.15) is 0 Å². The molecule has 2 unspecified atom stereocenters. The highest BCUT2D eigenvalue weighted by Crippen LogP contribution is 2.23. The lowest BCUT2D eigenvalue weighted by molar-refractivity contribution is -0.0586. The molecule has 2 aromatic heterocycles. The van der Waals surface area contributed by atoms with E-state index in [0.717, 1.165) is 11.3 Å². The minimum atomic E-state index is -0.576. The molecule has 0 spiro atoms. The van der Waals surface area contributed by atoms with E-state index in [1.807, 2.05) is 30.9 Å². The van der Waals surface area contributed by atoms with E-state index in [1.54, 1.807) is 24.3 Å². The fraction of sp³-hybridized carbons (Fsp3) is 0.300. The summed E-state index contributed by atoms with van der Waals surface area (Å²) in [4.78, 5) is 30.2. The summed E-state index contributed by atoms with van der Waals surface area (Å²) in [5.74, 6) is -0.593. The topological polar surface area (TPSA) is 103 Å². The van der Waals surface area contributed by atoms with Crippen molar-refractivity contribution in [3.8, 4) is 11.3 Å². The molecule has 4 rings (SSSR count). The van der Waals surface area contributed by atoms with Crippen LogP contribution in [0.5, 0.6) is 0 Å². The molecule has 3 heterocycles. The molecule has 28 heavy (non-hydrogen) atoms. The number of primary amides is 1. The van der Waals surface area contributed by atoms with Gasteiger partial charge in [-0.1, -0.05) is 12.1 Å². The molecule has 8 heteroatoms. The highest BCUT2D eigenvalue weighted by atomic mass is 16.5. The Morgan fingerprint density at radius 1 is 1.11 bits per heavy atom. The number of aromatic nitrogens is 3. The van der Waals surface area contributed by atoms with Gasteiger partial charge in [-0.15, -0.1) is 5.10 Å². The van der Waals surface area contributed by atoms with Crippen LogP contribution < -0.4 is 5.73 Å². The molecule has 0 bridgehead atoms. The molecule has 0 aliphatic carbocycles. The predicted octanol–water partition coefficient (Wildman–Crippen LogP) is 1.54. The fourth-order valence-corrected chi connectivity index (χ4v) is 3.58. The summed E-state index contributed by atoms with van der Waals surface area (Å²) < 4.78 is 7.21. The molecule has 3 aromatic rings. The van der Waals surface area contributed by atoms with Gasteiger partial charge in [-0.05, 0) is 38.1 Å². The third-order valence-electron chi connectivity index (χ3n) is 4.78. The Hall–Kier alpha value is -3.26. The number of amides is 2. The van der Waals surface area contributed by atoms with Crippen molar-refractivity contribution in [2.45, 2.75) is 26.1 Å². The van der Waals surface area contributed by atoms with E-state index in [9.17, 15) is 9.59 Å². The summed E-state index contributed by atoms with van der Waals surface area (Å²) in [6, 6.07) is 10.6. The van der Waals surface area contributed by atoms with Gasteiger partial charge in [0.2, 0.25) is 6.33 Å². The van der Waals surface area contributed by atoms with Gasteiger partial charge >= 0.3 is 0 Å². The molecule has 1 aliphatic rings. The first-order valence-corrected chi connectivity index (χ1v) is 9.05. The van der Waals surface area contributed by atoms with Gasteiger partial charge in [0.05, 0.1) is 23.5 Å². The zero-order chi connectivity index (χ0) is 19.8. The van der Waals surface area contributed by atoms with Gasteiger partial charge in [0.1, 0.15) is 0 Å². The van der Waals surface area contributed by atoms with Crippen molar-refractivity contribution in [1.82, 2.24) is 19.5 Å². The Morgan fingerprint density at radius 2 is 1.79 bits per heavy atom. The zero-order valence-corrected chi connectivity index (χ0v) is 15.6. The van der Waals surface area contributed by atoms with Crippen LogP contribution >= 0.6 is 0 Å². The molecule has 2 atom stereocenters. The lowest BCUT2D eigenvalue weighted by Gasteiger charge is -2.35. The number of carbonyl (C=O) groups is 2. The Bertz CT molecular complexity index is 1030. The number of nitrogens with two attached hydrogens (primary N) is 1. The van der Waals surface area contributed by atoms with Gasteiger partial charge < -0.3 is 15.4 Å². The largest absolute Gasteiger partial charge is 0.372 e. The van der Waals surface area contributed by atoms with Gasteiger partial charge in [-0.3, -0.25) is 9.59 Å². The van der Waals surface area contributed by atoms with Crippen molar-refractivity contribution >= 4 is 17.5 Å². The summed E-state index contributed by atoms with van der Waals surface area (Å²) in [6.45, 7) is 5.09. The lowest BCUT2D eigenvalue weighted by atomic mass is 10.1. The molecular formula is C20H20N5O3. The summed E-state index contributed by atoms with van der Waals surface area (Å²) in [6.07, 6.45) is 2.55. The Labute approximate surface area is 161 Å². The summed E-state index contributed by atoms with van der Waals surface area (Å²) in [5.41, 5.74) is 8.18. The monoisotopic (exact) mass is 378 g/mol. The highest BCUT2D eigenvalue weighted by molar-refractivity contribution is 5.99. The van der Waals surface area contributed by atoms with Crippen molar-refractivity contribution in [2.75, 3.05) is 13.1 Å². The minimum absolute atomic E-state index is 0.0168. The number of benzene rings is 1. The number of rotatable bonds is 3. The molecule has 2 N–H and O–H groups in total. The molecule has 143 valence electrons. The standard InChI is InChI=1S/C20H20N5O3/c1-12-9-24(10-13(2)28-12)20(27)15-5-3-14(4-6-15)17-8-7-16(18(21)26)19-22-11-23-25(17)19/h3-8,12-13H,9-10H2,1-2H3,(H2,21,26). The average Bonchev–Trinajstić information content (AvgIpc) is 3.15. The maximum Gasteiger partial charge on any atom is 0.254 e. The number of fused-ring (bicyclic) bond motifs is 1. The highest BCUT2D eigenvalue weighted by Gasteiger charge is 2.26. The normalized spacial score (nSPS) is 19.7. The summed E-state index contributed by atoms with van der Waals surface area (Å²) in [5, 5.41) is 4.07. The van der Waals surface area contributed by atoms with E-state index in [4.69, 9.17) is 10.5 Å². The first kappa shape index (κ1) is 18.1. The van der Waals surface area contributed by atoms with Crippen LogP contribution in [0.1, 0.15) is 34.6 Å². The minimum Gasteiger partial charge on any atom is -0.372 e. The van der Waals surface area contributed by atoms with E-state index in [2.05, 4.69) is 16.4 Å². The summed E-state index contributed by atoms with van der Waals surface area (Å²) in [7, 11) is 0. The molecule has 2 amide bonds. The van der Waals surface area contributed by atoms with Crippen LogP contribution in [0.3, 0.4) is 0 Å². The van der Waals surface area contributed by atoms with Crippen molar-refractivity contribution in [3.05, 3.63) is 53.9 Å². The average molecular weight is 378 g/mol. The molecule has 1 fully saturated rings. The van der Waals surface area contributed by atoms with Crippen LogP contribution in [-0.2, 0) is 4.74 Å². The smallest absolute Gasteiger partial charge is 0.254 e.